The topological polar surface area (TPSA) is 96.7 Å². The molecule has 0 fully saturated rings. The first kappa shape index (κ1) is 27.7. The van der Waals surface area contributed by atoms with Gasteiger partial charge in [-0.05, 0) is 63.9 Å². The van der Waals surface area contributed by atoms with Crippen LogP contribution in [0.3, 0.4) is 0 Å². The van der Waals surface area contributed by atoms with E-state index in [1.165, 1.54) is 23.0 Å². The highest BCUT2D eigenvalue weighted by atomic mass is 35.5. The lowest BCUT2D eigenvalue weighted by molar-refractivity contribution is 0.128. The summed E-state index contributed by atoms with van der Waals surface area (Å²) in [5.74, 6) is 0.773. The van der Waals surface area contributed by atoms with E-state index in [4.69, 9.17) is 25.3 Å². The number of ether oxygens (including phenoxy) is 2. The summed E-state index contributed by atoms with van der Waals surface area (Å²) in [4.78, 5) is 12.6. The van der Waals surface area contributed by atoms with E-state index in [9.17, 15) is 13.2 Å². The van der Waals surface area contributed by atoms with Gasteiger partial charge >= 0.3 is 0 Å². The molecule has 0 radical (unpaired) electrons. The van der Waals surface area contributed by atoms with E-state index in [2.05, 4.69) is 5.10 Å². The number of aromatic nitrogens is 2. The van der Waals surface area contributed by atoms with Gasteiger partial charge in [-0.15, -0.1) is 0 Å². The van der Waals surface area contributed by atoms with Crippen molar-refractivity contribution >= 4 is 21.7 Å². The van der Waals surface area contributed by atoms with Crippen molar-refractivity contribution in [3.05, 3.63) is 81.2 Å². The molecule has 194 valence electrons. The van der Waals surface area contributed by atoms with Crippen molar-refractivity contribution in [2.45, 2.75) is 64.2 Å². The molecular weight excluding hydrogens is 504 g/mol. The van der Waals surface area contributed by atoms with E-state index >= 15 is 0 Å². The molecule has 0 aliphatic rings. The molecule has 0 N–H and O–H groups in total. The van der Waals surface area contributed by atoms with Crippen LogP contribution in [0.2, 0.25) is 5.02 Å². The van der Waals surface area contributed by atoms with Crippen LogP contribution in [0, 0.1) is 6.92 Å². The summed E-state index contributed by atoms with van der Waals surface area (Å²) in [5, 5.41) is 4.13. The van der Waals surface area contributed by atoms with Gasteiger partial charge in [0.25, 0.3) is 15.7 Å². The number of nitrogens with zero attached hydrogens (tertiary/aromatic N) is 2. The zero-order chi connectivity index (χ0) is 26.5. The first-order valence-electron chi connectivity index (χ1n) is 11.5. The van der Waals surface area contributed by atoms with Crippen LogP contribution in [0.5, 0.6) is 11.5 Å². The van der Waals surface area contributed by atoms with Gasteiger partial charge in [-0.25, -0.2) is 4.68 Å². The van der Waals surface area contributed by atoms with Gasteiger partial charge in [0, 0.05) is 0 Å². The van der Waals surface area contributed by atoms with Crippen molar-refractivity contribution < 1.29 is 22.1 Å². The van der Waals surface area contributed by atoms with Crippen molar-refractivity contribution in [1.82, 2.24) is 9.78 Å². The monoisotopic (exact) mass is 534 g/mol. The quantitative estimate of drug-likeness (QED) is 0.334. The van der Waals surface area contributed by atoms with Crippen LogP contribution in [0.25, 0.3) is 0 Å². The van der Waals surface area contributed by atoms with Crippen molar-refractivity contribution in [1.29, 1.82) is 0 Å². The van der Waals surface area contributed by atoms with E-state index in [-0.39, 0.29) is 28.9 Å². The summed E-state index contributed by atoms with van der Waals surface area (Å²) in [7, 11) is -3.87. The first-order chi connectivity index (χ1) is 16.9. The molecule has 36 heavy (non-hydrogen) atoms. The Bertz CT molecular complexity index is 1330. The fourth-order valence-electron chi connectivity index (χ4n) is 3.19. The summed E-state index contributed by atoms with van der Waals surface area (Å²) in [6.45, 7) is 9.42. The van der Waals surface area contributed by atoms with Gasteiger partial charge in [0.05, 0.1) is 16.6 Å². The Labute approximate surface area is 216 Å². The van der Waals surface area contributed by atoms with Crippen molar-refractivity contribution in [2.75, 3.05) is 6.61 Å². The largest absolute Gasteiger partial charge is 0.488 e. The lowest BCUT2D eigenvalue weighted by atomic mass is 10.1. The van der Waals surface area contributed by atoms with Gasteiger partial charge in [0.15, 0.2) is 10.8 Å². The molecule has 0 saturated heterocycles. The Morgan fingerprint density at radius 2 is 1.69 bits per heavy atom. The van der Waals surface area contributed by atoms with E-state index < -0.39 is 27.3 Å². The Morgan fingerprint density at radius 1 is 1.06 bits per heavy atom. The molecular formula is C26H31ClN2O6S. The normalized spacial score (nSPS) is 12.8. The summed E-state index contributed by atoms with van der Waals surface area (Å²) in [6.07, 6.45) is 1.54. The smallest absolute Gasteiger partial charge is 0.297 e. The number of rotatable bonds is 10. The van der Waals surface area contributed by atoms with Crippen LogP contribution in [0.15, 0.2) is 64.4 Å². The highest BCUT2D eigenvalue weighted by molar-refractivity contribution is 7.86. The van der Waals surface area contributed by atoms with E-state index in [1.54, 1.807) is 24.3 Å². The molecule has 0 bridgehead atoms. The molecule has 1 heterocycles. The summed E-state index contributed by atoms with van der Waals surface area (Å²) >= 11 is 6.20. The van der Waals surface area contributed by atoms with Crippen LogP contribution in [0.4, 0.5) is 0 Å². The molecule has 1 unspecified atom stereocenters. The van der Waals surface area contributed by atoms with Gasteiger partial charge in [-0.3, -0.25) is 8.98 Å². The first-order valence-corrected chi connectivity index (χ1v) is 13.3. The lowest BCUT2D eigenvalue weighted by Gasteiger charge is -2.21. The van der Waals surface area contributed by atoms with Crippen LogP contribution >= 0.6 is 11.6 Å². The SMILES string of the molecule is CCC(COS(=O)(=O)c1ccc(C)cc1)Oc1ccc(COc2cnn(C(C)(C)C)c(=O)c2Cl)cc1. The van der Waals surface area contributed by atoms with Crippen molar-refractivity contribution in [2.24, 2.45) is 0 Å². The van der Waals surface area contributed by atoms with Crippen molar-refractivity contribution in [3.63, 3.8) is 0 Å². The van der Waals surface area contributed by atoms with E-state index in [0.717, 1.165) is 11.1 Å². The summed E-state index contributed by atoms with van der Waals surface area (Å²) in [5.41, 5.74) is 0.874. The second-order valence-corrected chi connectivity index (χ2v) is 11.3. The van der Waals surface area contributed by atoms with Crippen LogP contribution in [-0.2, 0) is 26.4 Å². The standard InChI is InChI=1S/C26H31ClN2O6S/c1-6-20(17-34-36(31,32)22-13-7-18(2)8-14-22)35-21-11-9-19(10-12-21)16-33-23-15-28-29(26(3,4)5)25(30)24(23)27/h7-15,20H,6,16-17H2,1-5H3. The Balaban J connectivity index is 1.58. The lowest BCUT2D eigenvalue weighted by Crippen LogP contribution is -2.36. The second-order valence-electron chi connectivity index (χ2n) is 9.34. The number of hydrogen-bond acceptors (Lipinski definition) is 7. The number of benzene rings is 2. The highest BCUT2D eigenvalue weighted by Crippen LogP contribution is 2.23. The van der Waals surface area contributed by atoms with Gasteiger partial charge < -0.3 is 9.47 Å². The molecule has 1 aromatic heterocycles. The van der Waals surface area contributed by atoms with Gasteiger partial charge in [-0.1, -0.05) is 48.4 Å². The maximum Gasteiger partial charge on any atom is 0.297 e. The predicted molar refractivity (Wildman–Crippen MR) is 138 cm³/mol. The van der Waals surface area contributed by atoms with Gasteiger partial charge in [0.1, 0.15) is 25.1 Å². The average Bonchev–Trinajstić information content (AvgIpc) is 2.83. The molecule has 0 amide bonds. The van der Waals surface area contributed by atoms with E-state index in [1.807, 2.05) is 46.8 Å². The van der Waals surface area contributed by atoms with Crippen LogP contribution < -0.4 is 15.0 Å². The van der Waals surface area contributed by atoms with Gasteiger partial charge in [-0.2, -0.15) is 13.5 Å². The third-order valence-electron chi connectivity index (χ3n) is 5.32. The molecule has 3 rings (SSSR count). The second kappa shape index (κ2) is 11.5. The maximum absolute atomic E-state index is 12.5. The molecule has 0 saturated carbocycles. The fourth-order valence-corrected chi connectivity index (χ4v) is 4.31. The summed E-state index contributed by atoms with van der Waals surface area (Å²) < 4.78 is 43.0. The minimum Gasteiger partial charge on any atom is -0.488 e. The molecule has 3 aromatic rings. The van der Waals surface area contributed by atoms with Gasteiger partial charge in [0.2, 0.25) is 0 Å². The Morgan fingerprint density at radius 3 is 2.28 bits per heavy atom. The Kier molecular flexibility index (Phi) is 8.81. The zero-order valence-corrected chi connectivity index (χ0v) is 22.6. The molecule has 0 aliphatic heterocycles. The average molecular weight is 535 g/mol. The predicted octanol–water partition coefficient (Wildman–Crippen LogP) is 5.10. The molecule has 2 aromatic carbocycles. The fraction of sp³-hybridized carbons (Fsp3) is 0.385. The zero-order valence-electron chi connectivity index (χ0n) is 21.0. The summed E-state index contributed by atoms with van der Waals surface area (Å²) in [6, 6.07) is 13.6. The third-order valence-corrected chi connectivity index (χ3v) is 6.96. The number of halogens is 1. The molecule has 0 aliphatic carbocycles. The molecule has 0 spiro atoms. The highest BCUT2D eigenvalue weighted by Gasteiger charge is 2.21. The minimum absolute atomic E-state index is 0.0220. The third kappa shape index (κ3) is 7.09. The molecule has 10 heteroatoms. The van der Waals surface area contributed by atoms with Crippen LogP contribution in [0.1, 0.15) is 45.2 Å². The molecule has 8 nitrogen and oxygen atoms in total. The number of hydrogen-bond donors (Lipinski definition) is 0. The van der Waals surface area contributed by atoms with E-state index in [0.29, 0.717) is 12.2 Å². The molecule has 1 atom stereocenters. The maximum atomic E-state index is 12.5. The van der Waals surface area contributed by atoms with Crippen molar-refractivity contribution in [3.8, 4) is 11.5 Å². The Hall–Kier alpha value is -2.88. The minimum atomic E-state index is -3.87. The van der Waals surface area contributed by atoms with Crippen LogP contribution in [-0.4, -0.2) is 30.9 Å². The number of aryl methyl sites for hydroxylation is 1.